The van der Waals surface area contributed by atoms with E-state index in [2.05, 4.69) is 22.8 Å². The van der Waals surface area contributed by atoms with Crippen LogP contribution in [0.25, 0.3) is 0 Å². The molecule has 0 spiro atoms. The second-order valence-corrected chi connectivity index (χ2v) is 15.0. The molecular weight excluding hydrogens is 813 g/mol. The highest BCUT2D eigenvalue weighted by molar-refractivity contribution is 5.90. The molecule has 0 heterocycles. The van der Waals surface area contributed by atoms with Crippen LogP contribution in [0.1, 0.15) is 33.4 Å². The molecular formula is C50H44N6O8. The summed E-state index contributed by atoms with van der Waals surface area (Å²) in [6, 6.07) is 48.4. The van der Waals surface area contributed by atoms with E-state index in [-0.39, 0.29) is 36.5 Å². The molecule has 0 aliphatic heterocycles. The number of amides is 4. The van der Waals surface area contributed by atoms with E-state index in [1.807, 2.05) is 98.8 Å². The largest absolute Gasteiger partial charge is 0.457 e. The zero-order chi connectivity index (χ0) is 45.0. The number of hydrogen-bond donors (Lipinski definition) is 2. The van der Waals surface area contributed by atoms with E-state index < -0.39 is 9.85 Å². The molecule has 2 N–H and O–H groups in total. The lowest BCUT2D eigenvalue weighted by atomic mass is 9.98. The van der Waals surface area contributed by atoms with Crippen LogP contribution >= 0.6 is 0 Å². The van der Waals surface area contributed by atoms with Crippen molar-refractivity contribution in [1.82, 2.24) is 9.80 Å². The summed E-state index contributed by atoms with van der Waals surface area (Å²) >= 11 is 0. The van der Waals surface area contributed by atoms with Crippen molar-refractivity contribution in [3.05, 3.63) is 223 Å². The molecule has 0 aliphatic carbocycles. The van der Waals surface area contributed by atoms with Crippen molar-refractivity contribution < 1.29 is 28.9 Å². The minimum Gasteiger partial charge on any atom is -0.457 e. The second kappa shape index (κ2) is 20.4. The molecule has 64 heavy (non-hydrogen) atoms. The molecule has 0 aliphatic rings. The van der Waals surface area contributed by atoms with Gasteiger partial charge in [0.1, 0.15) is 23.0 Å². The summed E-state index contributed by atoms with van der Waals surface area (Å²) in [4.78, 5) is 52.5. The van der Waals surface area contributed by atoms with Gasteiger partial charge in [-0.25, -0.2) is 9.59 Å². The molecule has 0 bridgehead atoms. The summed E-state index contributed by atoms with van der Waals surface area (Å²) < 4.78 is 11.8. The van der Waals surface area contributed by atoms with E-state index in [9.17, 15) is 29.8 Å². The van der Waals surface area contributed by atoms with Crippen LogP contribution in [-0.2, 0) is 26.2 Å². The van der Waals surface area contributed by atoms with Crippen molar-refractivity contribution in [3.63, 3.8) is 0 Å². The minimum atomic E-state index is -0.465. The number of non-ortho nitro benzene ring substituents is 2. The number of anilines is 2. The Bertz CT molecular complexity index is 2530. The predicted molar refractivity (Wildman–Crippen MR) is 245 cm³/mol. The van der Waals surface area contributed by atoms with E-state index in [1.54, 1.807) is 34.1 Å². The maximum atomic E-state index is 13.9. The molecule has 7 rings (SSSR count). The number of rotatable bonds is 16. The van der Waals surface area contributed by atoms with E-state index in [1.165, 1.54) is 48.5 Å². The van der Waals surface area contributed by atoms with Gasteiger partial charge in [-0.1, -0.05) is 72.8 Å². The van der Waals surface area contributed by atoms with E-state index in [4.69, 9.17) is 9.47 Å². The van der Waals surface area contributed by atoms with Crippen molar-refractivity contribution in [3.8, 4) is 23.0 Å². The molecule has 0 saturated carbocycles. The highest BCUT2D eigenvalue weighted by Gasteiger charge is 2.20. The number of aryl methyl sites for hydroxylation is 2. The Kier molecular flexibility index (Phi) is 13.9. The normalized spacial score (nSPS) is 10.7. The number of hydrogen-bond acceptors (Lipinski definition) is 8. The second-order valence-electron chi connectivity index (χ2n) is 15.0. The quantitative estimate of drug-likeness (QED) is 0.0714. The lowest BCUT2D eigenvalue weighted by Crippen LogP contribution is -2.35. The van der Waals surface area contributed by atoms with Crippen LogP contribution in [0, 0.1) is 34.1 Å². The Morgan fingerprint density at radius 2 is 0.781 bits per heavy atom. The molecule has 0 aromatic heterocycles. The van der Waals surface area contributed by atoms with Crippen LogP contribution in [0.4, 0.5) is 32.3 Å². The van der Waals surface area contributed by atoms with Crippen molar-refractivity contribution in [2.24, 2.45) is 0 Å². The molecule has 14 nitrogen and oxygen atoms in total. The van der Waals surface area contributed by atoms with Gasteiger partial charge in [-0.2, -0.15) is 0 Å². The fraction of sp³-hybridized carbons (Fsp3) is 0.120. The zero-order valence-corrected chi connectivity index (χ0v) is 35.0. The molecule has 0 fully saturated rings. The summed E-state index contributed by atoms with van der Waals surface area (Å²) in [5, 5.41) is 28.1. The third-order valence-corrected chi connectivity index (χ3v) is 10.3. The van der Waals surface area contributed by atoms with Crippen LogP contribution < -0.4 is 20.1 Å². The van der Waals surface area contributed by atoms with Gasteiger partial charge in [0.15, 0.2) is 0 Å². The van der Waals surface area contributed by atoms with Gasteiger partial charge in [-0.3, -0.25) is 20.2 Å². The first-order valence-corrected chi connectivity index (χ1v) is 20.3. The topological polar surface area (TPSA) is 169 Å². The van der Waals surface area contributed by atoms with Crippen LogP contribution in [0.2, 0.25) is 0 Å². The minimum absolute atomic E-state index is 0.0279. The number of ether oxygens (including phenoxy) is 2. The Morgan fingerprint density at radius 1 is 0.469 bits per heavy atom. The number of para-hydroxylation sites is 2. The van der Waals surface area contributed by atoms with Gasteiger partial charge < -0.3 is 29.9 Å². The summed E-state index contributed by atoms with van der Waals surface area (Å²) in [5.74, 6) is 1.99. The SMILES string of the molecule is Cc1cc(CN(Cc2ccc(Oc3ccc([N+](=O)[O-])cc3)cc2)C(=O)Nc2ccccc2)c(C)cc1CN(Cc1ccc(Oc2ccc([N+](=O)[O-])cc2)cc1)C(=O)Nc1ccccc1. The summed E-state index contributed by atoms with van der Waals surface area (Å²) in [6.07, 6.45) is 0. The van der Waals surface area contributed by atoms with Gasteiger partial charge in [-0.05, 0) is 120 Å². The number of nitro groups is 2. The van der Waals surface area contributed by atoms with Gasteiger partial charge in [0.05, 0.1) is 9.85 Å². The van der Waals surface area contributed by atoms with Crippen molar-refractivity contribution in [2.45, 2.75) is 40.0 Å². The number of nitrogens with zero attached hydrogens (tertiary/aromatic N) is 4. The van der Waals surface area contributed by atoms with Gasteiger partial charge in [0, 0.05) is 61.8 Å². The molecule has 0 saturated heterocycles. The number of nitrogens with one attached hydrogen (secondary N) is 2. The molecule has 7 aromatic rings. The first kappa shape index (κ1) is 43.6. The fourth-order valence-corrected chi connectivity index (χ4v) is 6.85. The fourth-order valence-electron chi connectivity index (χ4n) is 6.85. The standard InChI is InChI=1S/C50H44N6O8/c1-35-29-40(34-54(50(58)52-42-11-7-4-8-12-42)32-38-15-23-46(24-16-38)64-48-27-19-44(20-28-48)56(61)62)36(2)30-39(35)33-53(49(57)51-41-9-5-3-6-10-41)31-37-13-21-45(22-14-37)63-47-25-17-43(18-26-47)55(59)60/h3-30H,31-34H2,1-2H3,(H,51,57)(H,52,58). The lowest BCUT2D eigenvalue weighted by Gasteiger charge is -2.27. The Labute approximate surface area is 369 Å². The van der Waals surface area contributed by atoms with Gasteiger partial charge in [0.25, 0.3) is 11.4 Å². The number of carbonyl (C=O) groups excluding carboxylic acids is 2. The monoisotopic (exact) mass is 856 g/mol. The number of benzene rings is 7. The maximum absolute atomic E-state index is 13.9. The molecule has 14 heteroatoms. The highest BCUT2D eigenvalue weighted by atomic mass is 16.6. The third-order valence-electron chi connectivity index (χ3n) is 10.3. The van der Waals surface area contributed by atoms with Gasteiger partial charge >= 0.3 is 12.1 Å². The summed E-state index contributed by atoms with van der Waals surface area (Å²) in [6.45, 7) is 5.13. The molecule has 322 valence electrons. The van der Waals surface area contributed by atoms with Gasteiger partial charge in [-0.15, -0.1) is 0 Å². The van der Waals surface area contributed by atoms with E-state index >= 15 is 0 Å². The average molecular weight is 857 g/mol. The number of urea groups is 2. The Morgan fingerprint density at radius 3 is 1.09 bits per heavy atom. The number of carbonyl (C=O) groups is 2. The molecule has 0 radical (unpaired) electrons. The molecule has 0 atom stereocenters. The van der Waals surface area contributed by atoms with Crippen LogP contribution in [0.15, 0.2) is 170 Å². The van der Waals surface area contributed by atoms with Gasteiger partial charge in [0.2, 0.25) is 0 Å². The third kappa shape index (κ3) is 11.9. The summed E-state index contributed by atoms with van der Waals surface area (Å²) in [5.41, 5.74) is 6.74. The molecule has 7 aromatic carbocycles. The van der Waals surface area contributed by atoms with Crippen molar-refractivity contribution in [1.29, 1.82) is 0 Å². The first-order chi connectivity index (χ1) is 30.9. The highest BCUT2D eigenvalue weighted by Crippen LogP contribution is 2.28. The lowest BCUT2D eigenvalue weighted by molar-refractivity contribution is -0.385. The maximum Gasteiger partial charge on any atom is 0.322 e. The van der Waals surface area contributed by atoms with E-state index in [0.717, 1.165) is 33.4 Å². The first-order valence-electron chi connectivity index (χ1n) is 20.3. The predicted octanol–water partition coefficient (Wildman–Crippen LogP) is 12.2. The van der Waals surface area contributed by atoms with Crippen LogP contribution in [-0.4, -0.2) is 31.7 Å². The van der Waals surface area contributed by atoms with Crippen molar-refractivity contribution in [2.75, 3.05) is 10.6 Å². The Hall–Kier alpha value is -8.52. The van der Waals surface area contributed by atoms with E-state index in [0.29, 0.717) is 47.5 Å². The van der Waals surface area contributed by atoms with Crippen molar-refractivity contribution >= 4 is 34.8 Å². The zero-order valence-electron chi connectivity index (χ0n) is 35.0. The van der Waals surface area contributed by atoms with Crippen LogP contribution in [0.3, 0.4) is 0 Å². The molecule has 4 amide bonds. The smallest absolute Gasteiger partial charge is 0.322 e. The van der Waals surface area contributed by atoms with Crippen LogP contribution in [0.5, 0.6) is 23.0 Å². The Balaban J connectivity index is 1.08. The number of nitro benzene ring substituents is 2. The summed E-state index contributed by atoms with van der Waals surface area (Å²) in [7, 11) is 0. The molecule has 0 unspecified atom stereocenters. The average Bonchev–Trinajstić information content (AvgIpc) is 3.29.